The summed E-state index contributed by atoms with van der Waals surface area (Å²) >= 11 is 0. The van der Waals surface area contributed by atoms with Gasteiger partial charge in [-0.05, 0) is 6.07 Å². The molecule has 0 bridgehead atoms. The van der Waals surface area contributed by atoms with Gasteiger partial charge in [-0.25, -0.2) is 0 Å². The molecule has 1 aliphatic rings. The van der Waals surface area contributed by atoms with Gasteiger partial charge in [0.2, 0.25) is 11.8 Å². The predicted molar refractivity (Wildman–Crippen MR) is 50.3 cm³/mol. The van der Waals surface area contributed by atoms with Gasteiger partial charge in [0.05, 0.1) is 5.92 Å². The van der Waals surface area contributed by atoms with E-state index in [4.69, 9.17) is 0 Å². The summed E-state index contributed by atoms with van der Waals surface area (Å²) in [5, 5.41) is 20.9. The summed E-state index contributed by atoms with van der Waals surface area (Å²) < 4.78 is 0. The van der Waals surface area contributed by atoms with Crippen LogP contribution in [0.25, 0.3) is 0 Å². The second kappa shape index (κ2) is 3.27. The van der Waals surface area contributed by atoms with E-state index >= 15 is 0 Å². The maximum absolute atomic E-state index is 11.3. The van der Waals surface area contributed by atoms with Crippen molar-refractivity contribution in [2.24, 2.45) is 0 Å². The van der Waals surface area contributed by atoms with Crippen LogP contribution in [-0.2, 0) is 9.59 Å². The van der Waals surface area contributed by atoms with E-state index in [2.05, 4.69) is 5.32 Å². The summed E-state index contributed by atoms with van der Waals surface area (Å²) in [6.07, 6.45) is 0.00977. The Morgan fingerprint density at radius 3 is 2.60 bits per heavy atom. The number of rotatable bonds is 1. The van der Waals surface area contributed by atoms with Crippen molar-refractivity contribution in [2.75, 3.05) is 0 Å². The molecule has 1 aliphatic heterocycles. The molecule has 0 radical (unpaired) electrons. The Morgan fingerprint density at radius 2 is 2.00 bits per heavy atom. The van der Waals surface area contributed by atoms with Gasteiger partial charge in [-0.15, -0.1) is 0 Å². The van der Waals surface area contributed by atoms with E-state index in [1.54, 1.807) is 0 Å². The molecular weight excluding hydrogens is 198 g/mol. The second-order valence-corrected chi connectivity index (χ2v) is 3.38. The topological polar surface area (TPSA) is 86.6 Å². The molecule has 1 fully saturated rings. The molecule has 78 valence electrons. The number of hydrogen-bond acceptors (Lipinski definition) is 4. The summed E-state index contributed by atoms with van der Waals surface area (Å²) in [6.45, 7) is 0. The molecule has 0 spiro atoms. The molecule has 1 unspecified atom stereocenters. The van der Waals surface area contributed by atoms with Gasteiger partial charge in [-0.2, -0.15) is 0 Å². The Morgan fingerprint density at radius 1 is 1.27 bits per heavy atom. The lowest BCUT2D eigenvalue weighted by molar-refractivity contribution is -0.125. The molecule has 0 aliphatic carbocycles. The maximum Gasteiger partial charge on any atom is 0.234 e. The monoisotopic (exact) mass is 207 g/mol. The summed E-state index contributed by atoms with van der Waals surface area (Å²) in [5.41, 5.74) is 0.276. The molecule has 3 N–H and O–H groups in total. The van der Waals surface area contributed by atoms with Crippen LogP contribution in [0.2, 0.25) is 0 Å². The maximum atomic E-state index is 11.3. The number of hydrogen-bond donors (Lipinski definition) is 3. The number of carbonyl (C=O) groups excluding carboxylic acids is 2. The van der Waals surface area contributed by atoms with Crippen molar-refractivity contribution in [1.29, 1.82) is 0 Å². The molecule has 0 saturated carbocycles. The minimum Gasteiger partial charge on any atom is -0.504 e. The number of benzene rings is 1. The SMILES string of the molecule is O=C1CC(c2cccc(O)c2O)C(=O)N1. The van der Waals surface area contributed by atoms with Crippen LogP contribution in [0.4, 0.5) is 0 Å². The van der Waals surface area contributed by atoms with Crippen molar-refractivity contribution in [3.63, 3.8) is 0 Å². The summed E-state index contributed by atoms with van der Waals surface area (Å²) in [7, 11) is 0. The lowest BCUT2D eigenvalue weighted by Crippen LogP contribution is -2.21. The van der Waals surface area contributed by atoms with Crippen molar-refractivity contribution >= 4 is 11.8 Å². The zero-order valence-corrected chi connectivity index (χ0v) is 7.73. The van der Waals surface area contributed by atoms with Gasteiger partial charge in [0.15, 0.2) is 11.5 Å². The number of phenols is 2. The van der Waals surface area contributed by atoms with Crippen LogP contribution in [0.5, 0.6) is 11.5 Å². The van der Waals surface area contributed by atoms with E-state index in [1.165, 1.54) is 18.2 Å². The minimum absolute atomic E-state index is 0.00977. The Balaban J connectivity index is 2.42. The molecule has 1 aromatic carbocycles. The first kappa shape index (κ1) is 9.51. The van der Waals surface area contributed by atoms with Crippen molar-refractivity contribution in [1.82, 2.24) is 5.32 Å². The van der Waals surface area contributed by atoms with E-state index in [-0.39, 0.29) is 29.4 Å². The quantitative estimate of drug-likeness (QED) is 0.454. The fraction of sp³-hybridized carbons (Fsp3) is 0.200. The fourth-order valence-corrected chi connectivity index (χ4v) is 1.63. The molecule has 1 aromatic rings. The highest BCUT2D eigenvalue weighted by Gasteiger charge is 2.33. The smallest absolute Gasteiger partial charge is 0.234 e. The summed E-state index contributed by atoms with van der Waals surface area (Å²) in [4.78, 5) is 22.3. The average molecular weight is 207 g/mol. The Hall–Kier alpha value is -2.04. The van der Waals surface area contributed by atoms with Crippen molar-refractivity contribution in [3.8, 4) is 11.5 Å². The van der Waals surface area contributed by atoms with E-state index in [0.29, 0.717) is 0 Å². The summed E-state index contributed by atoms with van der Waals surface area (Å²) in [6, 6.07) is 4.34. The van der Waals surface area contributed by atoms with Gasteiger partial charge in [0, 0.05) is 12.0 Å². The highest BCUT2D eigenvalue weighted by atomic mass is 16.3. The number of aromatic hydroxyl groups is 2. The van der Waals surface area contributed by atoms with Crippen LogP contribution >= 0.6 is 0 Å². The molecule has 15 heavy (non-hydrogen) atoms. The molecular formula is C10H9NO4. The Kier molecular flexibility index (Phi) is 2.07. The lowest BCUT2D eigenvalue weighted by Gasteiger charge is -2.09. The molecule has 1 heterocycles. The lowest BCUT2D eigenvalue weighted by atomic mass is 9.96. The normalized spacial score (nSPS) is 20.4. The van der Waals surface area contributed by atoms with Crippen LogP contribution in [0, 0.1) is 0 Å². The number of amides is 2. The Bertz CT molecular complexity index is 441. The molecule has 5 nitrogen and oxygen atoms in total. The number of imide groups is 1. The molecule has 2 rings (SSSR count). The Labute approximate surface area is 85.3 Å². The van der Waals surface area contributed by atoms with Crippen LogP contribution in [0.1, 0.15) is 17.9 Å². The zero-order valence-electron chi connectivity index (χ0n) is 7.73. The van der Waals surface area contributed by atoms with E-state index in [9.17, 15) is 19.8 Å². The zero-order chi connectivity index (χ0) is 11.0. The number of nitrogens with one attached hydrogen (secondary N) is 1. The van der Waals surface area contributed by atoms with Crippen LogP contribution in [0.3, 0.4) is 0 Å². The third-order valence-electron chi connectivity index (χ3n) is 2.39. The third kappa shape index (κ3) is 1.52. The number of carbonyl (C=O) groups is 2. The van der Waals surface area contributed by atoms with E-state index < -0.39 is 11.8 Å². The molecule has 0 aromatic heterocycles. The van der Waals surface area contributed by atoms with Gasteiger partial charge < -0.3 is 10.2 Å². The predicted octanol–water partition coefficient (Wildman–Crippen LogP) is 0.228. The first-order valence-corrected chi connectivity index (χ1v) is 4.44. The third-order valence-corrected chi connectivity index (χ3v) is 2.39. The largest absolute Gasteiger partial charge is 0.504 e. The number of para-hydroxylation sites is 1. The second-order valence-electron chi connectivity index (χ2n) is 3.38. The van der Waals surface area contributed by atoms with Crippen molar-refractivity contribution in [3.05, 3.63) is 23.8 Å². The van der Waals surface area contributed by atoms with Crippen LogP contribution < -0.4 is 5.32 Å². The molecule has 1 atom stereocenters. The minimum atomic E-state index is -0.704. The van der Waals surface area contributed by atoms with Crippen molar-refractivity contribution in [2.45, 2.75) is 12.3 Å². The van der Waals surface area contributed by atoms with Crippen molar-refractivity contribution < 1.29 is 19.8 Å². The first-order valence-electron chi connectivity index (χ1n) is 4.44. The van der Waals surface area contributed by atoms with Gasteiger partial charge >= 0.3 is 0 Å². The average Bonchev–Trinajstić information content (AvgIpc) is 2.50. The van der Waals surface area contributed by atoms with E-state index in [0.717, 1.165) is 0 Å². The van der Waals surface area contributed by atoms with Gasteiger partial charge in [-0.3, -0.25) is 14.9 Å². The van der Waals surface area contributed by atoms with E-state index in [1.807, 2.05) is 0 Å². The molecule has 2 amide bonds. The number of phenolic OH excluding ortho intramolecular Hbond substituents is 2. The van der Waals surface area contributed by atoms with Crippen LogP contribution in [-0.4, -0.2) is 22.0 Å². The standard InChI is InChI=1S/C10H9NO4/c12-7-3-1-2-5(9(7)14)6-4-8(13)11-10(6)15/h1-3,6,12,14H,4H2,(H,11,13,15). The van der Waals surface area contributed by atoms with Gasteiger partial charge in [0.1, 0.15) is 0 Å². The van der Waals surface area contributed by atoms with Crippen LogP contribution in [0.15, 0.2) is 18.2 Å². The summed E-state index contributed by atoms with van der Waals surface area (Å²) in [5.74, 6) is -2.15. The highest BCUT2D eigenvalue weighted by Crippen LogP contribution is 2.36. The van der Waals surface area contributed by atoms with Gasteiger partial charge in [-0.1, -0.05) is 12.1 Å². The fourth-order valence-electron chi connectivity index (χ4n) is 1.63. The molecule has 5 heteroatoms. The first-order chi connectivity index (χ1) is 7.09. The molecule has 1 saturated heterocycles. The van der Waals surface area contributed by atoms with Gasteiger partial charge in [0.25, 0.3) is 0 Å². The highest BCUT2D eigenvalue weighted by molar-refractivity contribution is 6.06.